The quantitative estimate of drug-likeness (QED) is 0.115. The van der Waals surface area contributed by atoms with E-state index in [-0.39, 0.29) is 66.9 Å². The standard InChI is InChI=1S/C49H62FNO8/c1-8-49(6,7)48(56)59-43-24-30(4)23-33-14-13-31(5)39(47(33)43)21-20-37-27-38(28-45(55)57-37)58-44(54)26-36(53)25-35(52)19-22-42-46(32-15-17-34(50)18-16-32)40-11-9-10-12-41(40)51(42)29(2)3/h9-19,22-23,29-31,35-39,43,47,52-53H,8,20-21,24-28H2,1-7H3/b22-19+/t30-,31-,35+,36+,37-,38+,39-,43-,47-/m1/s1. The minimum absolute atomic E-state index is 0.0413. The Hall–Kier alpha value is -4.54. The predicted octanol–water partition coefficient (Wildman–Crippen LogP) is 9.69. The van der Waals surface area contributed by atoms with Crippen molar-refractivity contribution in [3.8, 4) is 11.1 Å². The Morgan fingerprint density at radius 2 is 1.76 bits per heavy atom. The number of halogens is 1. The van der Waals surface area contributed by atoms with Gasteiger partial charge < -0.3 is 29.0 Å². The maximum atomic E-state index is 13.9. The molecule has 0 spiro atoms. The fraction of sp³-hybridized carbons (Fsp3) is 0.531. The van der Waals surface area contributed by atoms with Crippen molar-refractivity contribution in [3.05, 3.63) is 89.9 Å². The van der Waals surface area contributed by atoms with Crippen molar-refractivity contribution in [2.45, 2.75) is 136 Å². The topological polar surface area (TPSA) is 124 Å². The lowest BCUT2D eigenvalue weighted by Gasteiger charge is -2.44. The van der Waals surface area contributed by atoms with E-state index in [0.29, 0.717) is 19.3 Å². The molecule has 318 valence electrons. The van der Waals surface area contributed by atoms with E-state index in [1.54, 1.807) is 18.2 Å². The number of hydrogen-bond acceptors (Lipinski definition) is 8. The van der Waals surface area contributed by atoms with Crippen LogP contribution >= 0.6 is 0 Å². The van der Waals surface area contributed by atoms with Crippen molar-refractivity contribution in [1.29, 1.82) is 0 Å². The van der Waals surface area contributed by atoms with Crippen molar-refractivity contribution < 1.29 is 43.2 Å². The summed E-state index contributed by atoms with van der Waals surface area (Å²) in [4.78, 5) is 39.0. The molecule has 0 bridgehead atoms. The van der Waals surface area contributed by atoms with Gasteiger partial charge in [0, 0.05) is 47.0 Å². The third-order valence-electron chi connectivity index (χ3n) is 12.6. The number of nitrogens with zero attached hydrogens (tertiary/aromatic N) is 1. The minimum atomic E-state index is -1.19. The summed E-state index contributed by atoms with van der Waals surface area (Å²) in [6, 6.07) is 14.4. The molecule has 1 fully saturated rings. The Balaban J connectivity index is 1.05. The lowest BCUT2D eigenvalue weighted by Crippen LogP contribution is -2.43. The third-order valence-corrected chi connectivity index (χ3v) is 12.6. The zero-order valence-corrected chi connectivity index (χ0v) is 35.6. The number of para-hydroxylation sites is 1. The van der Waals surface area contributed by atoms with E-state index in [9.17, 15) is 29.0 Å². The van der Waals surface area contributed by atoms with Crippen LogP contribution in [0.25, 0.3) is 28.1 Å². The second-order valence-corrected chi connectivity index (χ2v) is 18.0. The van der Waals surface area contributed by atoms with Crippen molar-refractivity contribution in [2.75, 3.05) is 0 Å². The lowest BCUT2D eigenvalue weighted by atomic mass is 9.65. The Labute approximate surface area is 348 Å². The van der Waals surface area contributed by atoms with Gasteiger partial charge in [0.25, 0.3) is 0 Å². The van der Waals surface area contributed by atoms with E-state index in [1.165, 1.54) is 17.7 Å². The van der Waals surface area contributed by atoms with Crippen LogP contribution in [0.3, 0.4) is 0 Å². The van der Waals surface area contributed by atoms with Crippen LogP contribution in [0.4, 0.5) is 4.39 Å². The summed E-state index contributed by atoms with van der Waals surface area (Å²) in [7, 11) is 0. The number of esters is 3. The van der Waals surface area contributed by atoms with Gasteiger partial charge >= 0.3 is 17.9 Å². The zero-order chi connectivity index (χ0) is 42.6. The van der Waals surface area contributed by atoms with Gasteiger partial charge in [-0.1, -0.05) is 75.4 Å². The monoisotopic (exact) mass is 811 g/mol. The van der Waals surface area contributed by atoms with Crippen LogP contribution in [0, 0.1) is 34.9 Å². The minimum Gasteiger partial charge on any atom is -0.462 e. The zero-order valence-electron chi connectivity index (χ0n) is 35.6. The summed E-state index contributed by atoms with van der Waals surface area (Å²) in [5.41, 5.74) is 4.20. The number of rotatable bonds is 15. The highest BCUT2D eigenvalue weighted by atomic mass is 19.1. The number of hydrogen-bond donors (Lipinski definition) is 2. The molecule has 9 atom stereocenters. The highest BCUT2D eigenvalue weighted by molar-refractivity contribution is 6.01. The van der Waals surface area contributed by atoms with Crippen LogP contribution < -0.4 is 0 Å². The fourth-order valence-electron chi connectivity index (χ4n) is 9.14. The first-order chi connectivity index (χ1) is 28.0. The van der Waals surface area contributed by atoms with Gasteiger partial charge in [0.2, 0.25) is 0 Å². The number of aromatic nitrogens is 1. The van der Waals surface area contributed by atoms with Crippen LogP contribution in [0.15, 0.2) is 78.4 Å². The van der Waals surface area contributed by atoms with Gasteiger partial charge in [0.1, 0.15) is 24.1 Å². The number of carbonyl (C=O) groups is 3. The summed E-state index contributed by atoms with van der Waals surface area (Å²) in [5.74, 6) is -0.877. The smallest absolute Gasteiger partial charge is 0.311 e. The largest absolute Gasteiger partial charge is 0.462 e. The van der Waals surface area contributed by atoms with E-state index in [2.05, 4.69) is 50.5 Å². The molecule has 2 N–H and O–H groups in total. The maximum absolute atomic E-state index is 13.9. The molecule has 2 heterocycles. The molecule has 3 aliphatic rings. The summed E-state index contributed by atoms with van der Waals surface area (Å²) in [5, 5.41) is 22.9. The molecule has 0 radical (unpaired) electrons. The highest BCUT2D eigenvalue weighted by Crippen LogP contribution is 2.46. The molecule has 1 aliphatic heterocycles. The number of carbonyl (C=O) groups excluding carboxylic acids is 3. The Morgan fingerprint density at radius 1 is 1.03 bits per heavy atom. The van der Waals surface area contributed by atoms with Gasteiger partial charge in [0.15, 0.2) is 0 Å². The Kier molecular flexibility index (Phi) is 14.0. The van der Waals surface area contributed by atoms with Gasteiger partial charge in [-0.05, 0) is 107 Å². The first kappa shape index (κ1) is 44.0. The van der Waals surface area contributed by atoms with Crippen molar-refractivity contribution in [1.82, 2.24) is 4.57 Å². The van der Waals surface area contributed by atoms with Crippen LogP contribution in [0.2, 0.25) is 0 Å². The first-order valence-corrected chi connectivity index (χ1v) is 21.5. The first-order valence-electron chi connectivity index (χ1n) is 21.5. The van der Waals surface area contributed by atoms with Crippen LogP contribution in [0.1, 0.15) is 112 Å². The molecule has 3 aromatic rings. The molecule has 0 amide bonds. The van der Waals surface area contributed by atoms with Crippen molar-refractivity contribution in [2.24, 2.45) is 29.1 Å². The van der Waals surface area contributed by atoms with Crippen LogP contribution in [-0.4, -0.2) is 63.2 Å². The second-order valence-electron chi connectivity index (χ2n) is 18.0. The molecule has 2 aliphatic carbocycles. The SMILES string of the molecule is CCC(C)(C)C(=O)O[C@@H]1C[C@H](C)C=C2C=C[C@@H](C)[C@@H](CC[C@@H]3C[C@H](OC(=O)C[C@@H](O)C[C@@H](O)/C=C/c4c(-c5ccc(F)cc5)c5ccccc5n4C(C)C)CC(=O)O3)[C@@H]21. The predicted molar refractivity (Wildman–Crippen MR) is 227 cm³/mol. The van der Waals surface area contributed by atoms with E-state index < -0.39 is 41.8 Å². The van der Waals surface area contributed by atoms with E-state index in [1.807, 2.05) is 51.1 Å². The van der Waals surface area contributed by atoms with Gasteiger partial charge in [0.05, 0.1) is 30.5 Å². The van der Waals surface area contributed by atoms with Gasteiger partial charge in [-0.25, -0.2) is 4.39 Å². The fourth-order valence-corrected chi connectivity index (χ4v) is 9.14. The number of allylic oxidation sites excluding steroid dienone is 3. The molecule has 1 saturated heterocycles. The summed E-state index contributed by atoms with van der Waals surface area (Å²) in [6.07, 6.45) is 9.05. The molecule has 6 rings (SSSR count). The molecule has 9 nitrogen and oxygen atoms in total. The Bertz CT molecular complexity index is 2060. The number of benzene rings is 2. The average molecular weight is 812 g/mol. The van der Waals surface area contributed by atoms with E-state index >= 15 is 0 Å². The molecule has 0 saturated carbocycles. The van der Waals surface area contributed by atoms with E-state index in [0.717, 1.165) is 40.6 Å². The number of aliphatic hydroxyl groups excluding tert-OH is 2. The summed E-state index contributed by atoms with van der Waals surface area (Å²) >= 11 is 0. The number of cyclic esters (lactones) is 1. The maximum Gasteiger partial charge on any atom is 0.311 e. The van der Waals surface area contributed by atoms with Gasteiger partial charge in [-0.15, -0.1) is 0 Å². The molecule has 59 heavy (non-hydrogen) atoms. The molecule has 0 unspecified atom stereocenters. The van der Waals surface area contributed by atoms with Crippen LogP contribution in [-0.2, 0) is 28.6 Å². The Morgan fingerprint density at radius 3 is 2.47 bits per heavy atom. The van der Waals surface area contributed by atoms with Crippen LogP contribution in [0.5, 0.6) is 0 Å². The molecule has 2 aromatic carbocycles. The highest BCUT2D eigenvalue weighted by Gasteiger charge is 2.43. The average Bonchev–Trinajstić information content (AvgIpc) is 3.51. The van der Waals surface area contributed by atoms with Crippen molar-refractivity contribution in [3.63, 3.8) is 0 Å². The number of aliphatic hydroxyl groups is 2. The molecular formula is C49H62FNO8. The third kappa shape index (κ3) is 10.4. The molecule has 1 aromatic heterocycles. The second kappa shape index (κ2) is 18.8. The van der Waals surface area contributed by atoms with Gasteiger partial charge in [-0.2, -0.15) is 0 Å². The lowest BCUT2D eigenvalue weighted by molar-refractivity contribution is -0.171. The van der Waals surface area contributed by atoms with Gasteiger partial charge in [-0.3, -0.25) is 14.4 Å². The summed E-state index contributed by atoms with van der Waals surface area (Å²) < 4.78 is 33.8. The van der Waals surface area contributed by atoms with E-state index in [4.69, 9.17) is 14.2 Å². The number of ether oxygens (including phenoxy) is 3. The normalized spacial score (nSPS) is 25.7. The summed E-state index contributed by atoms with van der Waals surface area (Å²) in [6.45, 7) is 14.3. The number of fused-ring (bicyclic) bond motifs is 2. The molecule has 10 heteroatoms. The molecular weight excluding hydrogens is 750 g/mol. The van der Waals surface area contributed by atoms with Crippen molar-refractivity contribution >= 4 is 34.9 Å².